The van der Waals surface area contributed by atoms with Crippen molar-refractivity contribution in [2.45, 2.75) is 71.1 Å². The first-order valence-corrected chi connectivity index (χ1v) is 9.49. The van der Waals surface area contributed by atoms with Crippen LogP contribution in [0.2, 0.25) is 0 Å². The summed E-state index contributed by atoms with van der Waals surface area (Å²) in [6.45, 7) is 2.79. The summed E-state index contributed by atoms with van der Waals surface area (Å²) in [5, 5.41) is 2.77. The Morgan fingerprint density at radius 1 is 1.08 bits per heavy atom. The number of carbonyl (C=O) groups excluding carboxylic acids is 1. The summed E-state index contributed by atoms with van der Waals surface area (Å²) in [4.78, 5) is 28.0. The summed E-state index contributed by atoms with van der Waals surface area (Å²) in [5.74, 6) is -0.700. The molecule has 0 atom stereocenters. The van der Waals surface area contributed by atoms with Crippen LogP contribution >= 0.6 is 0 Å². The Balaban J connectivity index is 1.60. The molecule has 0 aromatic carbocycles. The zero-order chi connectivity index (χ0) is 17.9. The third kappa shape index (κ3) is 6.03. The Labute approximate surface area is 148 Å². The Hall–Kier alpha value is -2.11. The Kier molecular flexibility index (Phi) is 8.22. The lowest BCUT2D eigenvalue weighted by Crippen LogP contribution is -2.34. The van der Waals surface area contributed by atoms with E-state index in [1.165, 1.54) is 57.6 Å². The van der Waals surface area contributed by atoms with E-state index >= 15 is 0 Å². The summed E-state index contributed by atoms with van der Waals surface area (Å²) in [7, 11) is 0. The smallest absolute Gasteiger partial charge is 0.406 e. The summed E-state index contributed by atoms with van der Waals surface area (Å²) in [6, 6.07) is 2.81. The van der Waals surface area contributed by atoms with Gasteiger partial charge < -0.3 is 9.73 Å². The molecule has 1 N–H and O–H groups in total. The fourth-order valence-corrected chi connectivity index (χ4v) is 2.92. The number of unbranched alkanes of at least 4 members (excludes halogenated alkanes) is 9. The van der Waals surface area contributed by atoms with Gasteiger partial charge in [0.15, 0.2) is 11.2 Å². The van der Waals surface area contributed by atoms with Gasteiger partial charge in [-0.15, -0.1) is 0 Å². The van der Waals surface area contributed by atoms with Crippen LogP contribution in [0.4, 0.5) is 4.79 Å². The van der Waals surface area contributed by atoms with Crippen molar-refractivity contribution in [3.05, 3.63) is 28.9 Å². The highest BCUT2D eigenvalue weighted by Gasteiger charge is 2.15. The number of aromatic nitrogens is 2. The number of pyridine rings is 1. The third-order valence-corrected chi connectivity index (χ3v) is 4.35. The van der Waals surface area contributed by atoms with Crippen LogP contribution < -0.4 is 11.1 Å². The first kappa shape index (κ1) is 19.2. The topological polar surface area (TPSA) is 77.1 Å². The second-order valence-electron chi connectivity index (χ2n) is 6.44. The molecule has 0 spiro atoms. The molecule has 2 aromatic heterocycles. The van der Waals surface area contributed by atoms with Crippen molar-refractivity contribution in [2.75, 3.05) is 6.54 Å². The van der Waals surface area contributed by atoms with Crippen LogP contribution in [0.5, 0.6) is 0 Å². The lowest BCUT2D eigenvalue weighted by atomic mass is 10.1. The van der Waals surface area contributed by atoms with Gasteiger partial charge in [-0.3, -0.25) is 0 Å². The van der Waals surface area contributed by atoms with Crippen LogP contribution in [0.25, 0.3) is 11.2 Å². The lowest BCUT2D eigenvalue weighted by molar-refractivity contribution is 0.241. The van der Waals surface area contributed by atoms with Crippen molar-refractivity contribution < 1.29 is 9.21 Å². The normalized spacial score (nSPS) is 11.1. The molecule has 0 unspecified atom stereocenters. The van der Waals surface area contributed by atoms with Gasteiger partial charge in [-0.25, -0.2) is 14.6 Å². The number of carbonyl (C=O) groups is 1. The van der Waals surface area contributed by atoms with Crippen LogP contribution in [0.1, 0.15) is 71.1 Å². The quantitative estimate of drug-likeness (QED) is 0.608. The van der Waals surface area contributed by atoms with Gasteiger partial charge in [-0.1, -0.05) is 64.7 Å². The Morgan fingerprint density at radius 2 is 1.72 bits per heavy atom. The molecule has 0 saturated carbocycles. The summed E-state index contributed by atoms with van der Waals surface area (Å²) < 4.78 is 5.96. The van der Waals surface area contributed by atoms with Crippen molar-refractivity contribution in [2.24, 2.45) is 0 Å². The lowest BCUT2D eigenvalue weighted by Gasteiger charge is -2.05. The molecule has 6 heteroatoms. The van der Waals surface area contributed by atoms with E-state index in [1.54, 1.807) is 12.1 Å². The number of hydrogen-bond donors (Lipinski definition) is 1. The maximum Gasteiger partial charge on any atom is 0.429 e. The van der Waals surface area contributed by atoms with Crippen LogP contribution in [-0.4, -0.2) is 22.1 Å². The van der Waals surface area contributed by atoms with Gasteiger partial charge >= 0.3 is 11.8 Å². The number of nitrogens with one attached hydrogen (secondary N) is 1. The number of amides is 1. The Morgan fingerprint density at radius 3 is 2.40 bits per heavy atom. The molecular weight excluding hydrogens is 318 g/mol. The largest absolute Gasteiger partial charge is 0.429 e. The monoisotopic (exact) mass is 347 g/mol. The average Bonchev–Trinajstić information content (AvgIpc) is 2.95. The minimum absolute atomic E-state index is 0.257. The molecule has 0 aliphatic rings. The van der Waals surface area contributed by atoms with Gasteiger partial charge in [0.2, 0.25) is 0 Å². The van der Waals surface area contributed by atoms with Crippen molar-refractivity contribution in [1.82, 2.24) is 14.9 Å². The minimum Gasteiger partial charge on any atom is -0.406 e. The molecular formula is C19H29N3O3. The second-order valence-corrected chi connectivity index (χ2v) is 6.44. The van der Waals surface area contributed by atoms with E-state index < -0.39 is 11.8 Å². The fraction of sp³-hybridized carbons (Fsp3) is 0.632. The molecule has 138 valence electrons. The van der Waals surface area contributed by atoms with E-state index in [9.17, 15) is 9.59 Å². The molecule has 1 amide bonds. The molecule has 0 radical (unpaired) electrons. The number of rotatable bonds is 11. The number of oxazole rings is 1. The van der Waals surface area contributed by atoms with Crippen molar-refractivity contribution >= 4 is 17.3 Å². The van der Waals surface area contributed by atoms with E-state index in [0.717, 1.165) is 17.4 Å². The average molecular weight is 347 g/mol. The van der Waals surface area contributed by atoms with Gasteiger partial charge in [0.1, 0.15) is 0 Å². The first-order valence-electron chi connectivity index (χ1n) is 9.49. The molecule has 0 aliphatic carbocycles. The van der Waals surface area contributed by atoms with Crippen LogP contribution in [0.15, 0.2) is 27.5 Å². The summed E-state index contributed by atoms with van der Waals surface area (Å²) in [5.41, 5.74) is 0.578. The molecule has 0 fully saturated rings. The second kappa shape index (κ2) is 10.7. The van der Waals surface area contributed by atoms with Crippen LogP contribution in [0, 0.1) is 0 Å². The summed E-state index contributed by atoms with van der Waals surface area (Å²) >= 11 is 0. The van der Waals surface area contributed by atoms with E-state index in [2.05, 4.69) is 17.2 Å². The van der Waals surface area contributed by atoms with Gasteiger partial charge in [0.05, 0.1) is 0 Å². The SMILES string of the molecule is CCCCCCCCCCCCNC(=O)n1c(=O)oc2cccnc21. The zero-order valence-corrected chi connectivity index (χ0v) is 15.1. The molecule has 0 aliphatic heterocycles. The number of hydrogen-bond acceptors (Lipinski definition) is 4. The van der Waals surface area contributed by atoms with Crippen LogP contribution in [0.3, 0.4) is 0 Å². The molecule has 2 heterocycles. The highest BCUT2D eigenvalue weighted by atomic mass is 16.4. The predicted octanol–water partition coefficient (Wildman–Crippen LogP) is 4.47. The van der Waals surface area contributed by atoms with E-state index in [1.807, 2.05) is 0 Å². The maximum atomic E-state index is 12.2. The minimum atomic E-state index is -0.700. The highest BCUT2D eigenvalue weighted by Crippen LogP contribution is 2.10. The highest BCUT2D eigenvalue weighted by molar-refractivity contribution is 5.85. The van der Waals surface area contributed by atoms with E-state index in [0.29, 0.717) is 12.1 Å². The fourth-order valence-electron chi connectivity index (χ4n) is 2.92. The standard InChI is InChI=1S/C19H29N3O3/c1-2-3-4-5-6-7-8-9-10-11-14-21-18(23)22-17-16(25-19(22)24)13-12-15-20-17/h12-13,15H,2-11,14H2,1H3,(H,21,23). The maximum absolute atomic E-state index is 12.2. The van der Waals surface area contributed by atoms with Crippen molar-refractivity contribution in [3.63, 3.8) is 0 Å². The molecule has 2 aromatic rings. The first-order chi connectivity index (χ1) is 12.2. The molecule has 6 nitrogen and oxygen atoms in total. The third-order valence-electron chi connectivity index (χ3n) is 4.35. The molecule has 2 rings (SSSR count). The van der Waals surface area contributed by atoms with E-state index in [-0.39, 0.29) is 5.65 Å². The number of nitrogens with zero attached hydrogens (tertiary/aromatic N) is 2. The van der Waals surface area contributed by atoms with Gasteiger partial charge in [-0.2, -0.15) is 4.57 Å². The van der Waals surface area contributed by atoms with Gasteiger partial charge in [0.25, 0.3) is 0 Å². The van der Waals surface area contributed by atoms with Crippen molar-refractivity contribution in [1.29, 1.82) is 0 Å². The molecule has 0 saturated heterocycles. The molecule has 25 heavy (non-hydrogen) atoms. The molecule has 0 bridgehead atoms. The van der Waals surface area contributed by atoms with Crippen molar-refractivity contribution in [3.8, 4) is 0 Å². The van der Waals surface area contributed by atoms with Gasteiger partial charge in [-0.05, 0) is 18.6 Å². The van der Waals surface area contributed by atoms with Gasteiger partial charge in [0, 0.05) is 12.7 Å². The predicted molar refractivity (Wildman–Crippen MR) is 98.9 cm³/mol. The van der Waals surface area contributed by atoms with Crippen LogP contribution in [-0.2, 0) is 0 Å². The Bertz CT molecular complexity index is 705. The number of fused-ring (bicyclic) bond motifs is 1. The van der Waals surface area contributed by atoms with E-state index in [4.69, 9.17) is 4.42 Å². The summed E-state index contributed by atoms with van der Waals surface area (Å²) in [6.07, 6.45) is 14.0. The zero-order valence-electron chi connectivity index (χ0n) is 15.1.